The molecule has 2 heterocycles. The number of carbonyl (C=O) groups excluding carboxylic acids is 1. The van der Waals surface area contributed by atoms with Crippen LogP contribution in [0.1, 0.15) is 24.7 Å². The molecule has 1 N–H and O–H groups in total. The van der Waals surface area contributed by atoms with E-state index in [9.17, 15) is 4.79 Å². The Morgan fingerprint density at radius 2 is 2.00 bits per heavy atom. The number of aryl methyl sites for hydroxylation is 1. The predicted molar refractivity (Wildman–Crippen MR) is 96.6 cm³/mol. The van der Waals surface area contributed by atoms with E-state index in [1.54, 1.807) is 6.20 Å². The summed E-state index contributed by atoms with van der Waals surface area (Å²) in [4.78, 5) is 18.7. The summed E-state index contributed by atoms with van der Waals surface area (Å²) in [7, 11) is 0. The number of ether oxygens (including phenoxy) is 1. The fourth-order valence-electron chi connectivity index (χ4n) is 3.11. The third-order valence-corrected chi connectivity index (χ3v) is 4.68. The molecule has 6 nitrogen and oxygen atoms in total. The van der Waals surface area contributed by atoms with Crippen molar-refractivity contribution in [2.75, 3.05) is 26.3 Å². The highest BCUT2D eigenvalue weighted by Gasteiger charge is 2.19. The van der Waals surface area contributed by atoms with E-state index < -0.39 is 0 Å². The van der Waals surface area contributed by atoms with Crippen LogP contribution in [0.25, 0.3) is 5.69 Å². The van der Waals surface area contributed by atoms with E-state index in [1.165, 1.54) is 0 Å². The van der Waals surface area contributed by atoms with E-state index >= 15 is 0 Å². The number of aromatic nitrogens is 2. The number of hydrogen-bond acceptors (Lipinski definition) is 4. The Morgan fingerprint density at radius 3 is 2.64 bits per heavy atom. The lowest BCUT2D eigenvalue weighted by Gasteiger charge is -2.31. The molecule has 134 valence electrons. The number of carbonyl (C=O) groups is 1. The van der Waals surface area contributed by atoms with Gasteiger partial charge in [0.15, 0.2) is 0 Å². The van der Waals surface area contributed by atoms with Crippen molar-refractivity contribution in [1.29, 1.82) is 0 Å². The molecule has 1 aliphatic heterocycles. The van der Waals surface area contributed by atoms with Crippen LogP contribution in [0.5, 0.6) is 0 Å². The second kappa shape index (κ2) is 8.27. The third-order valence-electron chi connectivity index (χ3n) is 4.68. The molecule has 1 amide bonds. The van der Waals surface area contributed by atoms with Gasteiger partial charge in [0.2, 0.25) is 5.91 Å². The highest BCUT2D eigenvalue weighted by molar-refractivity contribution is 5.76. The summed E-state index contributed by atoms with van der Waals surface area (Å²) in [6.45, 7) is 7.96. The number of hydrogen-bond donors (Lipinski definition) is 1. The Balaban J connectivity index is 1.48. The zero-order valence-electron chi connectivity index (χ0n) is 14.9. The van der Waals surface area contributed by atoms with Gasteiger partial charge in [-0.05, 0) is 31.5 Å². The summed E-state index contributed by atoms with van der Waals surface area (Å²) < 4.78 is 7.39. The van der Waals surface area contributed by atoms with Crippen LogP contribution in [0.4, 0.5) is 0 Å². The van der Waals surface area contributed by atoms with Crippen LogP contribution in [0.3, 0.4) is 0 Å². The smallest absolute Gasteiger partial charge is 0.221 e. The van der Waals surface area contributed by atoms with Gasteiger partial charge in [-0.3, -0.25) is 9.69 Å². The number of rotatable bonds is 6. The fourth-order valence-corrected chi connectivity index (χ4v) is 3.11. The summed E-state index contributed by atoms with van der Waals surface area (Å²) in [5.74, 6) is 1.05. The van der Waals surface area contributed by atoms with Gasteiger partial charge in [-0.1, -0.05) is 12.1 Å². The maximum Gasteiger partial charge on any atom is 0.221 e. The van der Waals surface area contributed by atoms with E-state index in [1.807, 2.05) is 42.0 Å². The average Bonchev–Trinajstić information content (AvgIpc) is 3.07. The standard InChI is InChI=1S/C19H26N4O2/c1-15(22-9-11-25-12-10-22)13-19(24)21-14-17-3-5-18(6-4-17)23-8-7-20-16(23)2/h3-8,15H,9-14H2,1-2H3,(H,21,24)/t15-/m1/s1. The lowest BCUT2D eigenvalue weighted by atomic mass is 10.1. The Bertz CT molecular complexity index is 690. The van der Waals surface area contributed by atoms with E-state index in [4.69, 9.17) is 4.74 Å². The maximum absolute atomic E-state index is 12.2. The maximum atomic E-state index is 12.2. The van der Waals surface area contributed by atoms with Gasteiger partial charge in [0.05, 0.1) is 13.2 Å². The van der Waals surface area contributed by atoms with Gasteiger partial charge < -0.3 is 14.6 Å². The number of imidazole rings is 1. The summed E-state index contributed by atoms with van der Waals surface area (Å²) in [5, 5.41) is 3.02. The first-order chi connectivity index (χ1) is 12.1. The normalized spacial score (nSPS) is 16.6. The topological polar surface area (TPSA) is 59.4 Å². The molecule has 25 heavy (non-hydrogen) atoms. The molecular weight excluding hydrogens is 316 g/mol. The largest absolute Gasteiger partial charge is 0.379 e. The van der Waals surface area contributed by atoms with Crippen molar-refractivity contribution in [3.05, 3.63) is 48.0 Å². The first-order valence-electron chi connectivity index (χ1n) is 8.81. The molecule has 0 radical (unpaired) electrons. The molecular formula is C19H26N4O2. The summed E-state index contributed by atoms with van der Waals surface area (Å²) in [5.41, 5.74) is 2.17. The van der Waals surface area contributed by atoms with Gasteiger partial charge in [-0.2, -0.15) is 0 Å². The van der Waals surface area contributed by atoms with Crippen LogP contribution >= 0.6 is 0 Å². The number of amides is 1. The van der Waals surface area contributed by atoms with Gasteiger partial charge >= 0.3 is 0 Å². The zero-order valence-corrected chi connectivity index (χ0v) is 14.9. The number of morpholine rings is 1. The fraction of sp³-hybridized carbons (Fsp3) is 0.474. The number of benzene rings is 1. The molecule has 0 saturated carbocycles. The molecule has 6 heteroatoms. The van der Waals surface area contributed by atoms with Crippen LogP contribution in [0.15, 0.2) is 36.7 Å². The highest BCUT2D eigenvalue weighted by Crippen LogP contribution is 2.12. The minimum absolute atomic E-state index is 0.0912. The molecule has 0 bridgehead atoms. The van der Waals surface area contributed by atoms with Gasteiger partial charge in [0, 0.05) is 50.2 Å². The third kappa shape index (κ3) is 4.67. The van der Waals surface area contributed by atoms with Gasteiger partial charge in [-0.25, -0.2) is 4.98 Å². The first kappa shape index (κ1) is 17.6. The Hall–Kier alpha value is -2.18. The van der Waals surface area contributed by atoms with E-state index in [2.05, 4.69) is 22.1 Å². The van der Waals surface area contributed by atoms with Crippen LogP contribution in [0.2, 0.25) is 0 Å². The molecule has 1 fully saturated rings. The number of nitrogens with one attached hydrogen (secondary N) is 1. The van der Waals surface area contributed by atoms with E-state index in [-0.39, 0.29) is 11.9 Å². The molecule has 1 saturated heterocycles. The van der Waals surface area contributed by atoms with Gasteiger partial charge in [0.1, 0.15) is 5.82 Å². The van der Waals surface area contributed by atoms with Gasteiger partial charge in [-0.15, -0.1) is 0 Å². The predicted octanol–water partition coefficient (Wildman–Crippen LogP) is 1.91. The molecule has 0 unspecified atom stereocenters. The molecule has 2 aromatic rings. The minimum Gasteiger partial charge on any atom is -0.379 e. The quantitative estimate of drug-likeness (QED) is 0.871. The van der Waals surface area contributed by atoms with Crippen LogP contribution in [0, 0.1) is 6.92 Å². The second-order valence-corrected chi connectivity index (χ2v) is 6.49. The van der Waals surface area contributed by atoms with Crippen molar-refractivity contribution in [1.82, 2.24) is 19.8 Å². The molecule has 0 spiro atoms. The summed E-state index contributed by atoms with van der Waals surface area (Å²) in [6.07, 6.45) is 4.25. The minimum atomic E-state index is 0.0912. The monoisotopic (exact) mass is 342 g/mol. The van der Waals surface area contributed by atoms with Crippen molar-refractivity contribution in [2.45, 2.75) is 32.9 Å². The summed E-state index contributed by atoms with van der Waals surface area (Å²) >= 11 is 0. The first-order valence-corrected chi connectivity index (χ1v) is 8.81. The van der Waals surface area contributed by atoms with Crippen molar-refractivity contribution >= 4 is 5.91 Å². The zero-order chi connectivity index (χ0) is 17.6. The Labute approximate surface area is 148 Å². The molecule has 0 aliphatic carbocycles. The molecule has 1 aliphatic rings. The molecule has 1 atom stereocenters. The Morgan fingerprint density at radius 1 is 1.28 bits per heavy atom. The highest BCUT2D eigenvalue weighted by atomic mass is 16.5. The van der Waals surface area contributed by atoms with Crippen molar-refractivity contribution < 1.29 is 9.53 Å². The molecule has 1 aromatic carbocycles. The lowest BCUT2D eigenvalue weighted by Crippen LogP contribution is -2.44. The Kier molecular flexibility index (Phi) is 5.83. The van der Waals surface area contributed by atoms with E-state index in [0.29, 0.717) is 13.0 Å². The molecule has 1 aromatic heterocycles. The van der Waals surface area contributed by atoms with Crippen molar-refractivity contribution in [3.8, 4) is 5.69 Å². The second-order valence-electron chi connectivity index (χ2n) is 6.49. The van der Waals surface area contributed by atoms with Crippen molar-refractivity contribution in [3.63, 3.8) is 0 Å². The lowest BCUT2D eigenvalue weighted by molar-refractivity contribution is -0.122. The van der Waals surface area contributed by atoms with Gasteiger partial charge in [0.25, 0.3) is 0 Å². The number of nitrogens with zero attached hydrogens (tertiary/aromatic N) is 3. The molecule has 3 rings (SSSR count). The SMILES string of the molecule is Cc1nccn1-c1ccc(CNC(=O)C[C@@H](C)N2CCOCC2)cc1. The van der Waals surface area contributed by atoms with Crippen LogP contribution in [-0.2, 0) is 16.1 Å². The van der Waals surface area contributed by atoms with E-state index in [0.717, 1.165) is 43.4 Å². The summed E-state index contributed by atoms with van der Waals surface area (Å²) in [6, 6.07) is 8.43. The van der Waals surface area contributed by atoms with Crippen LogP contribution in [-0.4, -0.2) is 52.7 Å². The van der Waals surface area contributed by atoms with Crippen molar-refractivity contribution in [2.24, 2.45) is 0 Å². The van der Waals surface area contributed by atoms with Crippen LogP contribution < -0.4 is 5.32 Å². The average molecular weight is 342 g/mol.